The summed E-state index contributed by atoms with van der Waals surface area (Å²) in [7, 11) is -3.86. The number of rotatable bonds is 6. The van der Waals surface area contributed by atoms with Gasteiger partial charge in [0, 0.05) is 4.90 Å². The third kappa shape index (κ3) is 5.81. The molecule has 142 valence electrons. The second-order valence-electron chi connectivity index (χ2n) is 5.64. The number of nitrogens with one attached hydrogen (secondary N) is 1. The van der Waals surface area contributed by atoms with E-state index < -0.39 is 22.1 Å². The van der Waals surface area contributed by atoms with Crippen LogP contribution in [0.3, 0.4) is 0 Å². The Bertz CT molecular complexity index is 905. The zero-order chi connectivity index (χ0) is 17.7. The molecule has 0 fully saturated rings. The number of benzene rings is 3. The number of hydrogen-bond donors (Lipinski definition) is 0. The first-order valence-electron chi connectivity index (χ1n) is 7.91. The van der Waals surface area contributed by atoms with Gasteiger partial charge in [-0.1, -0.05) is 90.0 Å². The zero-order valence-electron chi connectivity index (χ0n) is 14.9. The predicted molar refractivity (Wildman–Crippen MR) is 107 cm³/mol. The van der Waals surface area contributed by atoms with Gasteiger partial charge in [-0.15, -0.1) is 12.1 Å². The molecule has 0 heterocycles. The SMILES string of the molecule is [CH3-].[NH-]C(c1ccccc1)C([N-]S(=O)(=O)c1ccccc1)c1ccccc1.[RuH+3]. The molecule has 0 aromatic heterocycles. The third-order valence-corrected chi connectivity index (χ3v) is 5.28. The van der Waals surface area contributed by atoms with E-state index in [1.165, 1.54) is 12.1 Å². The van der Waals surface area contributed by atoms with Crippen LogP contribution in [-0.2, 0) is 29.5 Å². The Morgan fingerprint density at radius 2 is 1.11 bits per heavy atom. The van der Waals surface area contributed by atoms with Crippen LogP contribution in [0.25, 0.3) is 10.5 Å². The van der Waals surface area contributed by atoms with Crippen molar-refractivity contribution in [3.8, 4) is 0 Å². The van der Waals surface area contributed by atoms with Crippen LogP contribution in [0.5, 0.6) is 0 Å². The van der Waals surface area contributed by atoms with Crippen molar-refractivity contribution in [2.24, 2.45) is 0 Å². The van der Waals surface area contributed by atoms with Crippen molar-refractivity contribution in [2.75, 3.05) is 0 Å². The summed E-state index contributed by atoms with van der Waals surface area (Å²) in [5.74, 6) is 0. The molecule has 0 aliphatic carbocycles. The average molecular weight is 468 g/mol. The molecule has 2 atom stereocenters. The molecule has 0 amide bonds. The fraction of sp³-hybridized carbons (Fsp3) is 0.0952. The molecule has 27 heavy (non-hydrogen) atoms. The van der Waals surface area contributed by atoms with Crippen LogP contribution >= 0.6 is 0 Å². The molecule has 3 rings (SSSR count). The summed E-state index contributed by atoms with van der Waals surface area (Å²) in [5, 5.41) is 0. The normalized spacial score (nSPS) is 12.9. The molecule has 0 aliphatic rings. The van der Waals surface area contributed by atoms with E-state index in [2.05, 4.69) is 4.72 Å². The first-order valence-corrected chi connectivity index (χ1v) is 9.35. The number of hydrogen-bond acceptors (Lipinski definition) is 2. The van der Waals surface area contributed by atoms with E-state index in [9.17, 15) is 8.42 Å². The summed E-state index contributed by atoms with van der Waals surface area (Å²) < 4.78 is 29.5. The van der Waals surface area contributed by atoms with Crippen LogP contribution < -0.4 is 0 Å². The number of nitrogens with zero attached hydrogens (tertiary/aromatic N) is 1. The van der Waals surface area contributed by atoms with E-state index >= 15 is 0 Å². The average Bonchev–Trinajstić information content (AvgIpc) is 2.68. The van der Waals surface area contributed by atoms with Crippen LogP contribution in [0.1, 0.15) is 23.2 Å². The molecule has 3 aromatic rings. The molecule has 0 spiro atoms. The minimum absolute atomic E-state index is 0. The molecule has 3 aromatic carbocycles. The van der Waals surface area contributed by atoms with Crippen LogP contribution in [-0.4, -0.2) is 8.42 Å². The van der Waals surface area contributed by atoms with Crippen LogP contribution in [0.4, 0.5) is 0 Å². The van der Waals surface area contributed by atoms with Crippen molar-refractivity contribution >= 4 is 10.0 Å². The number of sulfonamides is 1. The fourth-order valence-corrected chi connectivity index (χ4v) is 3.78. The molecule has 0 bridgehead atoms. The third-order valence-electron chi connectivity index (χ3n) is 3.91. The summed E-state index contributed by atoms with van der Waals surface area (Å²) in [4.78, 5) is 0.135. The van der Waals surface area contributed by atoms with Gasteiger partial charge in [-0.3, -0.25) is 0 Å². The van der Waals surface area contributed by atoms with Gasteiger partial charge in [0.1, 0.15) is 10.0 Å². The molecule has 6 heteroatoms. The summed E-state index contributed by atoms with van der Waals surface area (Å²) in [6, 6.07) is 24.8. The van der Waals surface area contributed by atoms with Crippen molar-refractivity contribution in [2.45, 2.75) is 17.0 Å². The van der Waals surface area contributed by atoms with Gasteiger partial charge in [-0.25, -0.2) is 8.42 Å². The summed E-state index contributed by atoms with van der Waals surface area (Å²) in [6.07, 6.45) is 0. The molecule has 1 radical (unpaired) electrons. The summed E-state index contributed by atoms with van der Waals surface area (Å²) in [5.41, 5.74) is 10.0. The zero-order valence-corrected chi connectivity index (χ0v) is 17.5. The van der Waals surface area contributed by atoms with Crippen molar-refractivity contribution < 1.29 is 27.9 Å². The Kier molecular flexibility index (Phi) is 9.00. The Morgan fingerprint density at radius 3 is 1.59 bits per heavy atom. The Balaban J connectivity index is 0.00000182. The van der Waals surface area contributed by atoms with Gasteiger partial charge in [-0.05, 0) is 12.1 Å². The second-order valence-corrected chi connectivity index (χ2v) is 7.27. The molecule has 0 saturated carbocycles. The van der Waals surface area contributed by atoms with Gasteiger partial charge in [0.25, 0.3) is 0 Å². The van der Waals surface area contributed by atoms with Gasteiger partial charge >= 0.3 is 19.5 Å². The maximum atomic E-state index is 12.7. The van der Waals surface area contributed by atoms with Gasteiger partial charge in [0.2, 0.25) is 0 Å². The first-order chi connectivity index (χ1) is 12.1. The van der Waals surface area contributed by atoms with Crippen molar-refractivity contribution in [1.29, 1.82) is 0 Å². The van der Waals surface area contributed by atoms with Crippen LogP contribution in [0, 0.1) is 7.43 Å². The molecular formula is C21H22N2O2RuS. The molecule has 1 N–H and O–H groups in total. The van der Waals surface area contributed by atoms with E-state index in [0.29, 0.717) is 5.56 Å². The van der Waals surface area contributed by atoms with E-state index in [-0.39, 0.29) is 31.8 Å². The summed E-state index contributed by atoms with van der Waals surface area (Å²) in [6.45, 7) is 0. The second kappa shape index (κ2) is 10.5. The minimum atomic E-state index is -3.86. The van der Waals surface area contributed by atoms with Crippen LogP contribution in [0.2, 0.25) is 0 Å². The van der Waals surface area contributed by atoms with Gasteiger partial charge in [0.15, 0.2) is 0 Å². The van der Waals surface area contributed by atoms with E-state index in [0.717, 1.165) is 5.56 Å². The molecule has 0 aliphatic heterocycles. The Labute approximate surface area is 174 Å². The van der Waals surface area contributed by atoms with E-state index in [1.54, 1.807) is 30.3 Å². The molecule has 4 nitrogen and oxygen atoms in total. The van der Waals surface area contributed by atoms with Crippen molar-refractivity contribution in [3.05, 3.63) is 120 Å². The van der Waals surface area contributed by atoms with Crippen molar-refractivity contribution in [1.82, 2.24) is 0 Å². The molecular weight excluding hydrogens is 445 g/mol. The van der Waals surface area contributed by atoms with Gasteiger partial charge in [-0.2, -0.15) is 0 Å². The fourth-order valence-electron chi connectivity index (χ4n) is 2.61. The molecule has 0 saturated heterocycles. The molecule has 2 unspecified atom stereocenters. The predicted octanol–water partition coefficient (Wildman–Crippen LogP) is 5.46. The van der Waals surface area contributed by atoms with E-state index in [4.69, 9.17) is 5.73 Å². The van der Waals surface area contributed by atoms with Gasteiger partial charge in [0.05, 0.1) is 0 Å². The van der Waals surface area contributed by atoms with E-state index in [1.807, 2.05) is 48.5 Å². The van der Waals surface area contributed by atoms with Gasteiger partial charge < -0.3 is 17.9 Å². The maximum absolute atomic E-state index is 12.7. The Morgan fingerprint density at radius 1 is 0.704 bits per heavy atom. The quantitative estimate of drug-likeness (QED) is 0.357. The summed E-state index contributed by atoms with van der Waals surface area (Å²) >= 11 is 0. The van der Waals surface area contributed by atoms with Crippen molar-refractivity contribution in [3.63, 3.8) is 0 Å². The first kappa shape index (κ1) is 23.2. The Hall–Kier alpha value is -1.85. The standard InChI is InChI=1S/C20H18N2O2S.CH3.Ru.H/c21-19(16-10-4-1-5-11-16)20(17-12-6-2-7-13-17)22-25(23,24)18-14-8-3-9-15-18;;;/h1-15,19-21H;1H3;;/q-2;-1;+3;. The topological polar surface area (TPSA) is 72.0 Å². The monoisotopic (exact) mass is 468 g/mol. The van der Waals surface area contributed by atoms with Crippen LogP contribution in [0.15, 0.2) is 95.9 Å².